The lowest BCUT2D eigenvalue weighted by atomic mass is 9.96. The standard InChI is InChI=1S/C26H26N4O3S3.2ClH/c1-18-17-34-26(29-18)30-25-23(33-20-7-3-2-4-8-20)15-21(16-28-25)35-24(22-9-5-6-12-27-22)19-10-13-36(31,32)14-11-19;;/h2-9,12,15-17,19,24H,10-11,13-14H2,1H3,(H,28,29,30);2*1H. The zero-order valence-corrected chi connectivity index (χ0v) is 24.6. The molecule has 1 aliphatic rings. The van der Waals surface area contributed by atoms with E-state index in [0.29, 0.717) is 30.2 Å². The number of ether oxygens (including phenoxy) is 1. The summed E-state index contributed by atoms with van der Waals surface area (Å²) in [6, 6.07) is 17.4. The number of thiazole rings is 1. The molecule has 12 heteroatoms. The Hall–Kier alpha value is -2.37. The van der Waals surface area contributed by atoms with E-state index in [1.54, 1.807) is 18.0 Å². The molecule has 0 saturated carbocycles. The molecule has 0 radical (unpaired) electrons. The van der Waals surface area contributed by atoms with Crippen LogP contribution in [0.1, 0.15) is 29.5 Å². The van der Waals surface area contributed by atoms with Crippen molar-refractivity contribution < 1.29 is 13.2 Å². The van der Waals surface area contributed by atoms with Crippen LogP contribution in [0, 0.1) is 12.8 Å². The molecule has 1 unspecified atom stereocenters. The molecule has 0 bridgehead atoms. The molecular formula is C26H28Cl2N4O3S3. The molecule has 0 amide bonds. The SMILES string of the molecule is Cc1csc(Nc2ncc(SC(c3ccccn3)C3CCS(=O)(=O)CC3)cc2Oc2ccccc2)n1.Cl.Cl. The van der Waals surface area contributed by atoms with Crippen molar-refractivity contribution >= 4 is 68.7 Å². The van der Waals surface area contributed by atoms with Crippen molar-refractivity contribution in [2.24, 2.45) is 5.92 Å². The molecule has 4 heterocycles. The summed E-state index contributed by atoms with van der Waals surface area (Å²) in [7, 11) is -2.95. The molecule has 5 rings (SSSR count). The molecule has 202 valence electrons. The number of anilines is 2. The predicted octanol–water partition coefficient (Wildman–Crippen LogP) is 7.28. The van der Waals surface area contributed by atoms with Gasteiger partial charge in [-0.3, -0.25) is 4.98 Å². The molecule has 1 aliphatic heterocycles. The Morgan fingerprint density at radius 3 is 2.45 bits per heavy atom. The highest BCUT2D eigenvalue weighted by atomic mass is 35.5. The van der Waals surface area contributed by atoms with E-state index < -0.39 is 9.84 Å². The third-order valence-corrected chi connectivity index (χ3v) is 9.88. The third kappa shape index (κ3) is 7.83. The number of thioether (sulfide) groups is 1. The second-order valence-electron chi connectivity index (χ2n) is 8.63. The summed E-state index contributed by atoms with van der Waals surface area (Å²) in [5.74, 6) is 2.51. The number of para-hydroxylation sites is 1. The Morgan fingerprint density at radius 1 is 1.05 bits per heavy atom. The second-order valence-corrected chi connectivity index (χ2v) is 13.0. The van der Waals surface area contributed by atoms with Crippen LogP contribution in [0.25, 0.3) is 0 Å². The molecule has 7 nitrogen and oxygen atoms in total. The van der Waals surface area contributed by atoms with E-state index >= 15 is 0 Å². The summed E-state index contributed by atoms with van der Waals surface area (Å²) in [6.45, 7) is 1.95. The molecule has 1 N–H and O–H groups in total. The molecule has 4 aromatic rings. The number of aryl methyl sites for hydroxylation is 1. The Balaban J connectivity index is 0.00000200. The number of nitrogens with one attached hydrogen (secondary N) is 1. The summed E-state index contributed by atoms with van der Waals surface area (Å²) >= 11 is 3.16. The van der Waals surface area contributed by atoms with Crippen LogP contribution in [0.3, 0.4) is 0 Å². The maximum absolute atomic E-state index is 12.1. The van der Waals surface area contributed by atoms with Gasteiger partial charge in [-0.25, -0.2) is 18.4 Å². The number of sulfone groups is 1. The van der Waals surface area contributed by atoms with Crippen molar-refractivity contribution in [2.45, 2.75) is 29.9 Å². The van der Waals surface area contributed by atoms with Gasteiger partial charge in [-0.05, 0) is 56.0 Å². The summed E-state index contributed by atoms with van der Waals surface area (Å²) in [6.07, 6.45) is 4.86. The van der Waals surface area contributed by atoms with Crippen LogP contribution in [-0.2, 0) is 9.84 Å². The lowest BCUT2D eigenvalue weighted by molar-refractivity contribution is 0.451. The Bertz CT molecular complexity index is 1410. The first kappa shape index (κ1) is 30.2. The first-order chi connectivity index (χ1) is 17.4. The predicted molar refractivity (Wildman–Crippen MR) is 160 cm³/mol. The van der Waals surface area contributed by atoms with Crippen LogP contribution in [0.2, 0.25) is 0 Å². The molecule has 0 aliphatic carbocycles. The van der Waals surface area contributed by atoms with Crippen molar-refractivity contribution in [1.82, 2.24) is 15.0 Å². The minimum absolute atomic E-state index is 0. The highest BCUT2D eigenvalue weighted by Crippen LogP contribution is 2.46. The fourth-order valence-electron chi connectivity index (χ4n) is 4.09. The summed E-state index contributed by atoms with van der Waals surface area (Å²) in [5, 5.41) is 6.01. The van der Waals surface area contributed by atoms with Gasteiger partial charge in [-0.1, -0.05) is 24.3 Å². The van der Waals surface area contributed by atoms with Gasteiger partial charge < -0.3 is 10.1 Å². The van der Waals surface area contributed by atoms with Gasteiger partial charge in [0.2, 0.25) is 0 Å². The quantitative estimate of drug-likeness (QED) is 0.208. The van der Waals surface area contributed by atoms with E-state index in [2.05, 4.69) is 20.3 Å². The van der Waals surface area contributed by atoms with Gasteiger partial charge in [-0.15, -0.1) is 47.9 Å². The van der Waals surface area contributed by atoms with E-state index in [9.17, 15) is 8.42 Å². The van der Waals surface area contributed by atoms with Crippen molar-refractivity contribution in [1.29, 1.82) is 0 Å². The van der Waals surface area contributed by atoms with Gasteiger partial charge in [0, 0.05) is 22.7 Å². The number of hydrogen-bond acceptors (Lipinski definition) is 9. The lowest BCUT2D eigenvalue weighted by Gasteiger charge is -2.29. The van der Waals surface area contributed by atoms with E-state index in [1.165, 1.54) is 11.3 Å². The Morgan fingerprint density at radius 2 is 1.79 bits per heavy atom. The van der Waals surface area contributed by atoms with Crippen molar-refractivity contribution in [2.75, 3.05) is 16.8 Å². The Kier molecular flexibility index (Phi) is 10.8. The maximum atomic E-state index is 12.1. The number of hydrogen-bond donors (Lipinski definition) is 1. The monoisotopic (exact) mass is 610 g/mol. The van der Waals surface area contributed by atoms with E-state index in [4.69, 9.17) is 4.74 Å². The Labute approximate surface area is 243 Å². The van der Waals surface area contributed by atoms with Gasteiger partial charge >= 0.3 is 0 Å². The molecule has 1 atom stereocenters. The number of pyridine rings is 2. The topological polar surface area (TPSA) is 94.1 Å². The summed E-state index contributed by atoms with van der Waals surface area (Å²) < 4.78 is 30.4. The van der Waals surface area contributed by atoms with Crippen LogP contribution in [0.15, 0.2) is 77.3 Å². The molecule has 0 spiro atoms. The number of nitrogens with zero attached hydrogens (tertiary/aromatic N) is 3. The van der Waals surface area contributed by atoms with Gasteiger partial charge in [-0.2, -0.15) is 0 Å². The van der Waals surface area contributed by atoms with Crippen LogP contribution in [0.4, 0.5) is 10.9 Å². The number of benzene rings is 1. The molecule has 3 aromatic heterocycles. The van der Waals surface area contributed by atoms with E-state index in [0.717, 1.165) is 21.4 Å². The zero-order chi connectivity index (χ0) is 25.0. The highest BCUT2D eigenvalue weighted by Gasteiger charge is 2.32. The first-order valence-corrected chi connectivity index (χ1v) is 15.2. The number of rotatable bonds is 8. The average Bonchev–Trinajstić information content (AvgIpc) is 3.30. The molecule has 1 saturated heterocycles. The molecule has 1 fully saturated rings. The fraction of sp³-hybridized carbons (Fsp3) is 0.269. The smallest absolute Gasteiger partial charge is 0.188 e. The maximum Gasteiger partial charge on any atom is 0.188 e. The molecular weight excluding hydrogens is 583 g/mol. The zero-order valence-electron chi connectivity index (χ0n) is 20.5. The summed E-state index contributed by atoms with van der Waals surface area (Å²) in [5.41, 5.74) is 1.88. The van der Waals surface area contributed by atoms with E-state index in [1.807, 2.05) is 73.1 Å². The van der Waals surface area contributed by atoms with Crippen LogP contribution in [0.5, 0.6) is 11.5 Å². The first-order valence-electron chi connectivity index (χ1n) is 11.7. The summed E-state index contributed by atoms with van der Waals surface area (Å²) in [4.78, 5) is 14.7. The van der Waals surface area contributed by atoms with Gasteiger partial charge in [0.05, 0.1) is 28.1 Å². The lowest BCUT2D eigenvalue weighted by Crippen LogP contribution is -2.26. The minimum Gasteiger partial charge on any atom is -0.453 e. The normalized spacial score (nSPS) is 15.5. The second kappa shape index (κ2) is 13.6. The van der Waals surface area contributed by atoms with Crippen LogP contribution >= 0.6 is 47.9 Å². The number of halogens is 2. The highest BCUT2D eigenvalue weighted by molar-refractivity contribution is 7.99. The molecule has 1 aromatic carbocycles. The third-order valence-electron chi connectivity index (χ3n) is 5.91. The van der Waals surface area contributed by atoms with Gasteiger partial charge in [0.25, 0.3) is 0 Å². The van der Waals surface area contributed by atoms with Crippen molar-refractivity contribution in [3.8, 4) is 11.5 Å². The van der Waals surface area contributed by atoms with Gasteiger partial charge in [0.15, 0.2) is 16.7 Å². The minimum atomic E-state index is -2.95. The van der Waals surface area contributed by atoms with Crippen molar-refractivity contribution in [3.63, 3.8) is 0 Å². The van der Waals surface area contributed by atoms with Crippen LogP contribution in [-0.4, -0.2) is 34.9 Å². The molecule has 38 heavy (non-hydrogen) atoms. The fourth-order valence-corrected chi connectivity index (χ4v) is 7.61. The van der Waals surface area contributed by atoms with E-state index in [-0.39, 0.29) is 47.5 Å². The van der Waals surface area contributed by atoms with Crippen molar-refractivity contribution in [3.05, 3.63) is 83.8 Å². The van der Waals surface area contributed by atoms with Crippen LogP contribution < -0.4 is 10.1 Å². The average molecular weight is 612 g/mol. The number of aromatic nitrogens is 3. The van der Waals surface area contributed by atoms with Gasteiger partial charge in [0.1, 0.15) is 15.6 Å². The largest absolute Gasteiger partial charge is 0.453 e.